The number of hydrogen-bond donors (Lipinski definition) is 3. The Morgan fingerprint density at radius 1 is 1.16 bits per heavy atom. The van der Waals surface area contributed by atoms with Crippen LogP contribution in [0.1, 0.15) is 36.2 Å². The van der Waals surface area contributed by atoms with Gasteiger partial charge < -0.3 is 15.7 Å². The number of nitrogens with one attached hydrogen (secondary N) is 2. The van der Waals surface area contributed by atoms with Crippen molar-refractivity contribution in [3.63, 3.8) is 0 Å². The van der Waals surface area contributed by atoms with Crippen molar-refractivity contribution in [1.29, 1.82) is 0 Å². The molecular weight excluding hydrogens is 323 g/mol. The summed E-state index contributed by atoms with van der Waals surface area (Å²) in [4.78, 5) is 23.7. The van der Waals surface area contributed by atoms with E-state index in [0.717, 1.165) is 0 Å². The zero-order valence-electron chi connectivity index (χ0n) is 14.2. The molecule has 2 aromatic rings. The van der Waals surface area contributed by atoms with Gasteiger partial charge in [0.25, 0.3) is 0 Å². The van der Waals surface area contributed by atoms with Crippen molar-refractivity contribution in [1.82, 2.24) is 5.32 Å². The number of amides is 2. The molecule has 2 rings (SSSR count). The van der Waals surface area contributed by atoms with Crippen molar-refractivity contribution in [2.24, 2.45) is 0 Å². The summed E-state index contributed by atoms with van der Waals surface area (Å²) in [6.07, 6.45) is 0.385. The number of aliphatic hydroxyl groups is 1. The second-order valence-electron chi connectivity index (χ2n) is 5.95. The highest BCUT2D eigenvalue weighted by atomic mass is 19.1. The molecule has 2 aromatic carbocycles. The van der Waals surface area contributed by atoms with Crippen molar-refractivity contribution in [2.45, 2.75) is 25.9 Å². The van der Waals surface area contributed by atoms with Gasteiger partial charge in [0.1, 0.15) is 11.4 Å². The van der Waals surface area contributed by atoms with Crippen LogP contribution < -0.4 is 10.6 Å². The van der Waals surface area contributed by atoms with Crippen molar-refractivity contribution in [3.05, 3.63) is 65.5 Å². The normalized spacial score (nSPS) is 13.0. The lowest BCUT2D eigenvalue weighted by atomic mass is 9.96. The van der Waals surface area contributed by atoms with Gasteiger partial charge >= 0.3 is 6.03 Å². The molecule has 3 N–H and O–H groups in total. The lowest BCUT2D eigenvalue weighted by Crippen LogP contribution is -2.40. The first-order valence-corrected chi connectivity index (χ1v) is 7.98. The summed E-state index contributed by atoms with van der Waals surface area (Å²) in [7, 11) is 0. The van der Waals surface area contributed by atoms with E-state index >= 15 is 0 Å². The van der Waals surface area contributed by atoms with Crippen LogP contribution in [-0.2, 0) is 5.60 Å². The number of hydrogen-bond acceptors (Lipinski definition) is 3. The standard InChI is InChI=1S/C19H21FN2O3/c1-3-17(23)13-5-4-6-16(11-13)22-18(24)21-12-19(2,25)14-7-9-15(20)10-8-14/h4-11,25H,3,12H2,1-2H3,(H2,21,22,24). The molecule has 0 spiro atoms. The maximum absolute atomic E-state index is 13.0. The van der Waals surface area contributed by atoms with Crippen LogP contribution in [0, 0.1) is 5.82 Å². The maximum atomic E-state index is 13.0. The molecule has 0 aliphatic carbocycles. The predicted octanol–water partition coefficient (Wildman–Crippen LogP) is 3.45. The Morgan fingerprint density at radius 2 is 1.84 bits per heavy atom. The van der Waals surface area contributed by atoms with Crippen LogP contribution >= 0.6 is 0 Å². The highest BCUT2D eigenvalue weighted by Crippen LogP contribution is 2.20. The van der Waals surface area contributed by atoms with E-state index in [9.17, 15) is 19.1 Å². The molecular formula is C19H21FN2O3. The fourth-order valence-electron chi connectivity index (χ4n) is 2.31. The molecule has 0 saturated carbocycles. The highest BCUT2D eigenvalue weighted by Gasteiger charge is 2.23. The third-order valence-electron chi connectivity index (χ3n) is 3.82. The molecule has 0 saturated heterocycles. The van der Waals surface area contributed by atoms with E-state index in [0.29, 0.717) is 23.2 Å². The molecule has 25 heavy (non-hydrogen) atoms. The number of carbonyl (C=O) groups is 2. The molecule has 0 radical (unpaired) electrons. The Balaban J connectivity index is 1.96. The molecule has 0 bridgehead atoms. The Labute approximate surface area is 145 Å². The number of anilines is 1. The summed E-state index contributed by atoms with van der Waals surface area (Å²) in [6, 6.07) is 11.6. The average molecular weight is 344 g/mol. The highest BCUT2D eigenvalue weighted by molar-refractivity contribution is 5.98. The molecule has 2 amide bonds. The lowest BCUT2D eigenvalue weighted by molar-refractivity contribution is 0.0599. The Kier molecular flexibility index (Phi) is 5.88. The minimum atomic E-state index is -1.34. The van der Waals surface area contributed by atoms with Gasteiger partial charge in [-0.05, 0) is 36.8 Å². The largest absolute Gasteiger partial charge is 0.384 e. The quantitative estimate of drug-likeness (QED) is 0.702. The van der Waals surface area contributed by atoms with Crippen LogP contribution in [0.25, 0.3) is 0 Å². The van der Waals surface area contributed by atoms with Gasteiger partial charge in [-0.1, -0.05) is 31.2 Å². The van der Waals surface area contributed by atoms with Crippen molar-refractivity contribution < 1.29 is 19.1 Å². The third kappa shape index (κ3) is 5.12. The number of rotatable bonds is 6. The molecule has 0 aromatic heterocycles. The molecule has 6 heteroatoms. The number of halogens is 1. The summed E-state index contributed by atoms with van der Waals surface area (Å²) < 4.78 is 13.0. The molecule has 0 aliphatic rings. The third-order valence-corrected chi connectivity index (χ3v) is 3.82. The van der Waals surface area contributed by atoms with Gasteiger partial charge in [-0.2, -0.15) is 0 Å². The van der Waals surface area contributed by atoms with E-state index in [1.807, 2.05) is 0 Å². The van der Waals surface area contributed by atoms with Gasteiger partial charge in [-0.15, -0.1) is 0 Å². The minimum Gasteiger partial charge on any atom is -0.384 e. The lowest BCUT2D eigenvalue weighted by Gasteiger charge is -2.24. The van der Waals surface area contributed by atoms with E-state index in [2.05, 4.69) is 10.6 Å². The van der Waals surface area contributed by atoms with Crippen molar-refractivity contribution >= 4 is 17.5 Å². The maximum Gasteiger partial charge on any atom is 0.319 e. The fraction of sp³-hybridized carbons (Fsp3) is 0.263. The SMILES string of the molecule is CCC(=O)c1cccc(NC(=O)NCC(C)(O)c2ccc(F)cc2)c1. The summed E-state index contributed by atoms with van der Waals surface area (Å²) in [5.74, 6) is -0.407. The predicted molar refractivity (Wildman–Crippen MR) is 94.1 cm³/mol. The van der Waals surface area contributed by atoms with E-state index in [1.54, 1.807) is 31.2 Å². The van der Waals surface area contributed by atoms with Gasteiger partial charge in [0.05, 0.1) is 6.54 Å². The van der Waals surface area contributed by atoms with Crippen LogP contribution in [0.5, 0.6) is 0 Å². The van der Waals surface area contributed by atoms with Crippen LogP contribution in [0.4, 0.5) is 14.9 Å². The van der Waals surface area contributed by atoms with Crippen molar-refractivity contribution in [3.8, 4) is 0 Å². The second-order valence-corrected chi connectivity index (χ2v) is 5.95. The second kappa shape index (κ2) is 7.90. The molecule has 0 aliphatic heterocycles. The Morgan fingerprint density at radius 3 is 2.48 bits per heavy atom. The van der Waals surface area contributed by atoms with Gasteiger partial charge in [0, 0.05) is 17.7 Å². The first kappa shape index (κ1) is 18.6. The minimum absolute atomic E-state index is 0.0108. The molecule has 0 heterocycles. The van der Waals surface area contributed by atoms with E-state index in [4.69, 9.17) is 0 Å². The summed E-state index contributed by atoms with van der Waals surface area (Å²) in [5.41, 5.74) is 0.159. The number of ketones is 1. The van der Waals surface area contributed by atoms with Crippen LogP contribution in [0.15, 0.2) is 48.5 Å². The fourth-order valence-corrected chi connectivity index (χ4v) is 2.31. The average Bonchev–Trinajstić information content (AvgIpc) is 2.60. The number of benzene rings is 2. The zero-order valence-corrected chi connectivity index (χ0v) is 14.2. The van der Waals surface area contributed by atoms with E-state index < -0.39 is 17.4 Å². The molecule has 5 nitrogen and oxygen atoms in total. The van der Waals surface area contributed by atoms with E-state index in [1.165, 1.54) is 31.2 Å². The van der Waals surface area contributed by atoms with Crippen LogP contribution in [0.3, 0.4) is 0 Å². The van der Waals surface area contributed by atoms with Gasteiger partial charge in [0.15, 0.2) is 5.78 Å². The van der Waals surface area contributed by atoms with E-state index in [-0.39, 0.29) is 12.3 Å². The number of carbonyl (C=O) groups excluding carboxylic acids is 2. The summed E-state index contributed by atoms with van der Waals surface area (Å²) in [6.45, 7) is 3.24. The first-order valence-electron chi connectivity index (χ1n) is 7.98. The zero-order chi connectivity index (χ0) is 18.4. The molecule has 0 fully saturated rings. The molecule has 1 unspecified atom stereocenters. The first-order chi connectivity index (χ1) is 11.8. The molecule has 132 valence electrons. The summed E-state index contributed by atoms with van der Waals surface area (Å²) in [5, 5.41) is 15.6. The van der Waals surface area contributed by atoms with Gasteiger partial charge in [-0.3, -0.25) is 4.79 Å². The summed E-state index contributed by atoms with van der Waals surface area (Å²) >= 11 is 0. The molecule has 1 atom stereocenters. The Bertz CT molecular complexity index is 758. The van der Waals surface area contributed by atoms with Crippen LogP contribution in [-0.4, -0.2) is 23.5 Å². The Hall–Kier alpha value is -2.73. The van der Waals surface area contributed by atoms with Crippen LogP contribution in [0.2, 0.25) is 0 Å². The van der Waals surface area contributed by atoms with Gasteiger partial charge in [0.2, 0.25) is 0 Å². The monoisotopic (exact) mass is 344 g/mol. The van der Waals surface area contributed by atoms with Gasteiger partial charge in [-0.25, -0.2) is 9.18 Å². The topological polar surface area (TPSA) is 78.4 Å². The number of urea groups is 1. The number of Topliss-reactive ketones (excluding diaryl/α,β-unsaturated/α-hetero) is 1. The smallest absolute Gasteiger partial charge is 0.319 e. The van der Waals surface area contributed by atoms with Crippen molar-refractivity contribution in [2.75, 3.05) is 11.9 Å².